The third kappa shape index (κ3) is 3.39. The molecule has 124 valence electrons. The molecule has 9 heteroatoms. The maximum Gasteiger partial charge on any atom is 0.360 e. The van der Waals surface area contributed by atoms with Crippen LogP contribution >= 0.6 is 0 Å². The van der Waals surface area contributed by atoms with Gasteiger partial charge in [0.05, 0.1) is 25.9 Å². The second kappa shape index (κ2) is 6.86. The van der Waals surface area contributed by atoms with Crippen molar-refractivity contribution < 1.29 is 9.53 Å². The Morgan fingerprint density at radius 1 is 1.48 bits per heavy atom. The molecule has 2 aromatic rings. The first-order valence-corrected chi connectivity index (χ1v) is 7.80. The van der Waals surface area contributed by atoms with Crippen LogP contribution in [0.2, 0.25) is 0 Å². The SMILES string of the molecule is CCn1ncnc1CN1CCC[C@@H](n2cc(C(=O)OC)nn2)C1. The lowest BCUT2D eigenvalue weighted by molar-refractivity contribution is 0.0594. The van der Waals surface area contributed by atoms with Crippen molar-refractivity contribution in [3.8, 4) is 0 Å². The van der Waals surface area contributed by atoms with Crippen molar-refractivity contribution in [2.75, 3.05) is 20.2 Å². The minimum Gasteiger partial charge on any atom is -0.464 e. The molecule has 1 aliphatic rings. The number of rotatable bonds is 5. The van der Waals surface area contributed by atoms with E-state index in [4.69, 9.17) is 0 Å². The fourth-order valence-electron chi connectivity index (χ4n) is 2.92. The molecule has 9 nitrogen and oxygen atoms in total. The molecule has 0 aromatic carbocycles. The smallest absolute Gasteiger partial charge is 0.360 e. The average molecular weight is 319 g/mol. The molecule has 2 aromatic heterocycles. The fourth-order valence-corrected chi connectivity index (χ4v) is 2.92. The summed E-state index contributed by atoms with van der Waals surface area (Å²) in [6.45, 7) is 5.51. The van der Waals surface area contributed by atoms with Gasteiger partial charge in [0.2, 0.25) is 0 Å². The van der Waals surface area contributed by atoms with E-state index in [2.05, 4.69) is 37.0 Å². The summed E-state index contributed by atoms with van der Waals surface area (Å²) in [6.07, 6.45) is 5.34. The minimum atomic E-state index is -0.458. The molecule has 0 saturated carbocycles. The highest BCUT2D eigenvalue weighted by atomic mass is 16.5. The van der Waals surface area contributed by atoms with Crippen molar-refractivity contribution in [2.45, 2.75) is 38.9 Å². The van der Waals surface area contributed by atoms with Gasteiger partial charge in [0, 0.05) is 13.1 Å². The van der Waals surface area contributed by atoms with Gasteiger partial charge in [0.1, 0.15) is 12.2 Å². The van der Waals surface area contributed by atoms with Crippen LogP contribution in [0, 0.1) is 0 Å². The predicted octanol–water partition coefficient (Wildman–Crippen LogP) is 0.513. The molecule has 0 aliphatic carbocycles. The first-order valence-electron chi connectivity index (χ1n) is 7.80. The van der Waals surface area contributed by atoms with Crippen LogP contribution in [0.1, 0.15) is 42.1 Å². The quantitative estimate of drug-likeness (QED) is 0.742. The highest BCUT2D eigenvalue weighted by Crippen LogP contribution is 2.22. The third-order valence-corrected chi connectivity index (χ3v) is 4.12. The lowest BCUT2D eigenvalue weighted by Crippen LogP contribution is -2.37. The van der Waals surface area contributed by atoms with E-state index >= 15 is 0 Å². The van der Waals surface area contributed by atoms with E-state index in [0.29, 0.717) is 0 Å². The summed E-state index contributed by atoms with van der Waals surface area (Å²) in [5, 5.41) is 12.2. The number of likely N-dealkylation sites (tertiary alicyclic amines) is 1. The van der Waals surface area contributed by atoms with Crippen LogP contribution in [-0.4, -0.2) is 60.8 Å². The lowest BCUT2D eigenvalue weighted by atomic mass is 10.1. The maximum atomic E-state index is 11.5. The Morgan fingerprint density at radius 3 is 3.13 bits per heavy atom. The Hall–Kier alpha value is -2.29. The van der Waals surface area contributed by atoms with Crippen molar-refractivity contribution >= 4 is 5.97 Å². The Labute approximate surface area is 134 Å². The maximum absolute atomic E-state index is 11.5. The molecule has 0 bridgehead atoms. The first-order chi connectivity index (χ1) is 11.2. The second-order valence-electron chi connectivity index (χ2n) is 5.60. The van der Waals surface area contributed by atoms with Gasteiger partial charge in [-0.3, -0.25) is 4.90 Å². The normalized spacial score (nSPS) is 19.0. The number of carbonyl (C=O) groups is 1. The number of esters is 1. The summed E-state index contributed by atoms with van der Waals surface area (Å²) in [5.74, 6) is 0.516. The molecule has 0 radical (unpaired) electrons. The summed E-state index contributed by atoms with van der Waals surface area (Å²) >= 11 is 0. The van der Waals surface area contributed by atoms with Gasteiger partial charge in [-0.25, -0.2) is 19.1 Å². The molecule has 1 atom stereocenters. The minimum absolute atomic E-state index is 0.202. The molecule has 0 unspecified atom stereocenters. The molecule has 1 fully saturated rings. The number of carbonyl (C=O) groups excluding carboxylic acids is 1. The number of hydrogen-bond acceptors (Lipinski definition) is 7. The molecule has 1 saturated heterocycles. The van der Waals surface area contributed by atoms with Crippen molar-refractivity contribution in [3.63, 3.8) is 0 Å². The van der Waals surface area contributed by atoms with E-state index in [0.717, 1.165) is 44.8 Å². The summed E-state index contributed by atoms with van der Waals surface area (Å²) < 4.78 is 8.35. The van der Waals surface area contributed by atoms with Gasteiger partial charge in [-0.15, -0.1) is 5.10 Å². The van der Waals surface area contributed by atoms with E-state index in [1.165, 1.54) is 7.11 Å². The summed E-state index contributed by atoms with van der Waals surface area (Å²) in [5.41, 5.74) is 0.246. The molecule has 1 aliphatic heterocycles. The Bertz CT molecular complexity index is 666. The Morgan fingerprint density at radius 2 is 2.35 bits per heavy atom. The molecule has 0 spiro atoms. The van der Waals surface area contributed by atoms with Crippen molar-refractivity contribution in [1.82, 2.24) is 34.7 Å². The molecule has 23 heavy (non-hydrogen) atoms. The fraction of sp³-hybridized carbons (Fsp3) is 0.643. The number of nitrogens with zero attached hydrogens (tertiary/aromatic N) is 7. The Balaban J connectivity index is 1.66. The largest absolute Gasteiger partial charge is 0.464 e. The third-order valence-electron chi connectivity index (χ3n) is 4.12. The number of hydrogen-bond donors (Lipinski definition) is 0. The second-order valence-corrected chi connectivity index (χ2v) is 5.60. The monoisotopic (exact) mass is 319 g/mol. The van der Waals surface area contributed by atoms with E-state index in [9.17, 15) is 4.79 Å². The van der Waals surface area contributed by atoms with Crippen LogP contribution in [0.3, 0.4) is 0 Å². The molecule has 0 amide bonds. The van der Waals surface area contributed by atoms with Crippen LogP contribution in [0.25, 0.3) is 0 Å². The van der Waals surface area contributed by atoms with Crippen molar-refractivity contribution in [1.29, 1.82) is 0 Å². The average Bonchev–Trinajstić information content (AvgIpc) is 3.23. The predicted molar refractivity (Wildman–Crippen MR) is 80.6 cm³/mol. The zero-order valence-corrected chi connectivity index (χ0v) is 13.4. The van der Waals surface area contributed by atoms with Crippen LogP contribution < -0.4 is 0 Å². The van der Waals surface area contributed by atoms with Gasteiger partial charge >= 0.3 is 5.97 Å². The number of piperidine rings is 1. The molecule has 0 N–H and O–H groups in total. The topological polar surface area (TPSA) is 91.0 Å². The molecular weight excluding hydrogens is 298 g/mol. The van der Waals surface area contributed by atoms with E-state index in [1.54, 1.807) is 17.2 Å². The van der Waals surface area contributed by atoms with Gasteiger partial charge in [0.15, 0.2) is 5.69 Å². The van der Waals surface area contributed by atoms with Gasteiger partial charge < -0.3 is 4.74 Å². The summed E-state index contributed by atoms with van der Waals surface area (Å²) in [6, 6.07) is 0.202. The van der Waals surface area contributed by atoms with Crippen LogP contribution in [0.5, 0.6) is 0 Å². The highest BCUT2D eigenvalue weighted by Gasteiger charge is 2.24. The molecular formula is C14H21N7O2. The van der Waals surface area contributed by atoms with E-state index in [-0.39, 0.29) is 11.7 Å². The zero-order chi connectivity index (χ0) is 16.2. The number of aromatic nitrogens is 6. The molecule has 3 rings (SSSR count). The zero-order valence-electron chi connectivity index (χ0n) is 13.4. The lowest BCUT2D eigenvalue weighted by Gasteiger charge is -2.32. The van der Waals surface area contributed by atoms with Crippen molar-refractivity contribution in [2.24, 2.45) is 0 Å². The standard InChI is InChI=1S/C14H21N7O2/c1-3-20-13(15-10-16-20)9-19-6-4-5-11(7-19)21-8-12(17-18-21)14(22)23-2/h8,10-11H,3-7,9H2,1-2H3/t11-/m1/s1. The Kier molecular flexibility index (Phi) is 4.65. The van der Waals surface area contributed by atoms with Gasteiger partial charge in [-0.05, 0) is 26.3 Å². The highest BCUT2D eigenvalue weighted by molar-refractivity contribution is 5.86. The van der Waals surface area contributed by atoms with E-state index in [1.807, 2.05) is 4.68 Å². The van der Waals surface area contributed by atoms with Gasteiger partial charge in [-0.1, -0.05) is 5.21 Å². The van der Waals surface area contributed by atoms with Gasteiger partial charge in [0.25, 0.3) is 0 Å². The first kappa shape index (κ1) is 15.6. The van der Waals surface area contributed by atoms with Crippen LogP contribution in [-0.2, 0) is 17.8 Å². The molecule has 3 heterocycles. The summed E-state index contributed by atoms with van der Waals surface area (Å²) in [4.78, 5) is 18.2. The van der Waals surface area contributed by atoms with Gasteiger partial charge in [-0.2, -0.15) is 5.10 Å². The van der Waals surface area contributed by atoms with E-state index < -0.39 is 5.97 Å². The number of aryl methyl sites for hydroxylation is 1. The summed E-state index contributed by atoms with van der Waals surface area (Å²) in [7, 11) is 1.34. The van der Waals surface area contributed by atoms with Crippen LogP contribution in [0.4, 0.5) is 0 Å². The van der Waals surface area contributed by atoms with Crippen LogP contribution in [0.15, 0.2) is 12.5 Å². The number of methoxy groups -OCH3 is 1. The number of ether oxygens (including phenoxy) is 1. The van der Waals surface area contributed by atoms with Crippen molar-refractivity contribution in [3.05, 3.63) is 24.0 Å².